The Morgan fingerprint density at radius 3 is 1.89 bits per heavy atom. The molecule has 0 unspecified atom stereocenters. The minimum atomic E-state index is -0.556. The number of carbonyl (C=O) groups is 2. The lowest BCUT2D eigenvalue weighted by atomic mass is 10.1. The third-order valence-corrected chi connectivity index (χ3v) is 4.33. The number of nitrogens with one attached hydrogen (secondary N) is 2. The van der Waals surface area contributed by atoms with Gasteiger partial charge in [-0.3, -0.25) is 0 Å². The monoisotopic (exact) mass is 440 g/mol. The van der Waals surface area contributed by atoms with Crippen molar-refractivity contribution >= 4 is 63.8 Å². The van der Waals surface area contributed by atoms with E-state index in [1.54, 1.807) is 32.0 Å². The summed E-state index contributed by atoms with van der Waals surface area (Å²) in [6, 6.07) is 9.44. The molecule has 2 rings (SSSR count). The first kappa shape index (κ1) is 21.9. The molecule has 0 aliphatic heterocycles. The lowest BCUT2D eigenvalue weighted by molar-refractivity contribution is 0.0525. The van der Waals surface area contributed by atoms with Crippen LogP contribution in [0.4, 0.5) is 11.4 Å². The molecule has 2 aromatic rings. The number of hydrogen-bond donors (Lipinski definition) is 2. The highest BCUT2D eigenvalue weighted by molar-refractivity contribution is 7.80. The van der Waals surface area contributed by atoms with Crippen molar-refractivity contribution < 1.29 is 19.1 Å². The average molecular weight is 441 g/mol. The summed E-state index contributed by atoms with van der Waals surface area (Å²) in [5.41, 5.74) is 1.45. The number of anilines is 2. The Labute approximate surface area is 178 Å². The number of hydrogen-bond acceptors (Lipinski definition) is 5. The van der Waals surface area contributed by atoms with Crippen LogP contribution in [0.25, 0.3) is 0 Å². The second-order valence-corrected chi connectivity index (χ2v) is 6.67. The second kappa shape index (κ2) is 10.3. The fourth-order valence-electron chi connectivity index (χ4n) is 2.23. The maximum Gasteiger partial charge on any atom is 0.338 e. The summed E-state index contributed by atoms with van der Waals surface area (Å²) in [6.45, 7) is 3.82. The summed E-state index contributed by atoms with van der Waals surface area (Å²) in [4.78, 5) is 24.2. The summed E-state index contributed by atoms with van der Waals surface area (Å²) in [5, 5.41) is 6.91. The van der Waals surface area contributed by atoms with Gasteiger partial charge in [-0.2, -0.15) is 0 Å². The maximum absolute atomic E-state index is 12.1. The van der Waals surface area contributed by atoms with Gasteiger partial charge >= 0.3 is 11.9 Å². The molecule has 0 fully saturated rings. The zero-order valence-corrected chi connectivity index (χ0v) is 17.5. The second-order valence-electron chi connectivity index (χ2n) is 5.45. The van der Waals surface area contributed by atoms with Gasteiger partial charge in [-0.15, -0.1) is 0 Å². The Bertz CT molecular complexity index is 869. The number of carbonyl (C=O) groups excluding carboxylic acids is 2. The number of halogens is 2. The zero-order valence-electron chi connectivity index (χ0n) is 15.2. The molecule has 0 radical (unpaired) electrons. The molecule has 0 bridgehead atoms. The smallest absolute Gasteiger partial charge is 0.338 e. The summed E-state index contributed by atoms with van der Waals surface area (Å²) in [7, 11) is 0. The van der Waals surface area contributed by atoms with Crippen LogP contribution in [0.15, 0.2) is 36.4 Å². The van der Waals surface area contributed by atoms with E-state index >= 15 is 0 Å². The fraction of sp³-hybridized carbons (Fsp3) is 0.211. The largest absolute Gasteiger partial charge is 0.462 e. The lowest BCUT2D eigenvalue weighted by Gasteiger charge is -2.13. The SMILES string of the molecule is CCOC(=O)c1cc(NC(=S)Nc2ccc(Cl)c(Cl)c2)cc(C(=O)OCC)c1. The average Bonchev–Trinajstić information content (AvgIpc) is 2.64. The predicted octanol–water partition coefficient (Wildman–Crippen LogP) is 5.16. The number of thiocarbonyl (C=S) groups is 1. The lowest BCUT2D eigenvalue weighted by Crippen LogP contribution is -2.20. The van der Waals surface area contributed by atoms with Crippen molar-refractivity contribution in [1.82, 2.24) is 0 Å². The first-order valence-electron chi connectivity index (χ1n) is 8.36. The van der Waals surface area contributed by atoms with Crippen LogP contribution in [0.1, 0.15) is 34.6 Å². The highest BCUT2D eigenvalue weighted by Gasteiger charge is 2.15. The zero-order chi connectivity index (χ0) is 20.7. The van der Waals surface area contributed by atoms with E-state index in [4.69, 9.17) is 44.9 Å². The van der Waals surface area contributed by atoms with Gasteiger partial charge in [-0.25, -0.2) is 9.59 Å². The van der Waals surface area contributed by atoms with Gasteiger partial charge < -0.3 is 20.1 Å². The molecule has 6 nitrogen and oxygen atoms in total. The van der Waals surface area contributed by atoms with E-state index < -0.39 is 11.9 Å². The predicted molar refractivity (Wildman–Crippen MR) is 115 cm³/mol. The van der Waals surface area contributed by atoms with Crippen LogP contribution in [0, 0.1) is 0 Å². The third-order valence-electron chi connectivity index (χ3n) is 3.39. The molecule has 28 heavy (non-hydrogen) atoms. The molecule has 2 aromatic carbocycles. The van der Waals surface area contributed by atoms with Crippen LogP contribution >= 0.6 is 35.4 Å². The van der Waals surface area contributed by atoms with Crippen molar-refractivity contribution in [1.29, 1.82) is 0 Å². The Kier molecular flexibility index (Phi) is 8.04. The van der Waals surface area contributed by atoms with Gasteiger partial charge in [0, 0.05) is 11.4 Å². The standard InChI is InChI=1S/C19H18Cl2N2O4S/c1-3-26-17(24)11-7-12(18(25)27-4-2)9-14(8-11)23-19(28)22-13-5-6-15(20)16(21)10-13/h5-10H,3-4H2,1-2H3,(H2,22,23,28). The molecule has 0 aliphatic carbocycles. The summed E-state index contributed by atoms with van der Waals surface area (Å²) in [6.07, 6.45) is 0. The van der Waals surface area contributed by atoms with Crippen molar-refractivity contribution in [2.75, 3.05) is 23.8 Å². The van der Waals surface area contributed by atoms with E-state index in [1.807, 2.05) is 0 Å². The molecule has 0 aromatic heterocycles. The van der Waals surface area contributed by atoms with Gasteiger partial charge in [-0.1, -0.05) is 23.2 Å². The Morgan fingerprint density at radius 1 is 0.857 bits per heavy atom. The Morgan fingerprint density at radius 2 is 1.39 bits per heavy atom. The maximum atomic E-state index is 12.1. The van der Waals surface area contributed by atoms with Crippen LogP contribution in [0.2, 0.25) is 10.0 Å². The van der Waals surface area contributed by atoms with Crippen LogP contribution in [0.3, 0.4) is 0 Å². The van der Waals surface area contributed by atoms with E-state index in [0.717, 1.165) is 0 Å². The molecule has 0 atom stereocenters. The molecule has 0 heterocycles. The van der Waals surface area contributed by atoms with Crippen LogP contribution in [-0.2, 0) is 9.47 Å². The minimum Gasteiger partial charge on any atom is -0.462 e. The van der Waals surface area contributed by atoms with Gasteiger partial charge in [0.1, 0.15) is 0 Å². The quantitative estimate of drug-likeness (QED) is 0.474. The fourth-order valence-corrected chi connectivity index (χ4v) is 2.77. The van der Waals surface area contributed by atoms with E-state index in [-0.39, 0.29) is 29.5 Å². The van der Waals surface area contributed by atoms with Crippen molar-refractivity contribution in [2.24, 2.45) is 0 Å². The summed E-state index contributed by atoms with van der Waals surface area (Å²) >= 11 is 17.2. The van der Waals surface area contributed by atoms with Crippen molar-refractivity contribution in [3.8, 4) is 0 Å². The summed E-state index contributed by atoms with van der Waals surface area (Å²) < 4.78 is 10.0. The minimum absolute atomic E-state index is 0.201. The van der Waals surface area contributed by atoms with E-state index in [0.29, 0.717) is 21.4 Å². The molecule has 9 heteroatoms. The number of ether oxygens (including phenoxy) is 2. The first-order chi connectivity index (χ1) is 13.3. The molecule has 0 amide bonds. The summed E-state index contributed by atoms with van der Waals surface area (Å²) in [5.74, 6) is -1.11. The van der Waals surface area contributed by atoms with Crippen LogP contribution < -0.4 is 10.6 Å². The molecular formula is C19H18Cl2N2O4S. The van der Waals surface area contributed by atoms with Gasteiger partial charge in [-0.05, 0) is 62.5 Å². The molecule has 148 valence electrons. The van der Waals surface area contributed by atoms with E-state index in [2.05, 4.69) is 10.6 Å². The van der Waals surface area contributed by atoms with Crippen molar-refractivity contribution in [3.05, 3.63) is 57.6 Å². The van der Waals surface area contributed by atoms with Crippen molar-refractivity contribution in [3.63, 3.8) is 0 Å². The molecule has 0 saturated carbocycles. The van der Waals surface area contributed by atoms with Crippen molar-refractivity contribution in [2.45, 2.75) is 13.8 Å². The number of esters is 2. The molecular weight excluding hydrogens is 423 g/mol. The Hall–Kier alpha value is -2.35. The van der Waals surface area contributed by atoms with Gasteiger partial charge in [0.15, 0.2) is 5.11 Å². The van der Waals surface area contributed by atoms with Gasteiger partial charge in [0.25, 0.3) is 0 Å². The molecule has 0 aliphatic rings. The van der Waals surface area contributed by atoms with E-state index in [9.17, 15) is 9.59 Å². The Balaban J connectivity index is 2.24. The molecule has 0 spiro atoms. The highest BCUT2D eigenvalue weighted by atomic mass is 35.5. The number of benzene rings is 2. The first-order valence-corrected chi connectivity index (χ1v) is 9.52. The normalized spacial score (nSPS) is 10.1. The van der Waals surface area contributed by atoms with Crippen LogP contribution in [-0.4, -0.2) is 30.3 Å². The topological polar surface area (TPSA) is 76.7 Å². The van der Waals surface area contributed by atoms with Gasteiger partial charge in [0.2, 0.25) is 0 Å². The van der Waals surface area contributed by atoms with Gasteiger partial charge in [0.05, 0.1) is 34.4 Å². The van der Waals surface area contributed by atoms with Crippen LogP contribution in [0.5, 0.6) is 0 Å². The molecule has 2 N–H and O–H groups in total. The number of rotatable bonds is 6. The van der Waals surface area contributed by atoms with E-state index in [1.165, 1.54) is 18.2 Å². The highest BCUT2D eigenvalue weighted by Crippen LogP contribution is 2.25. The molecule has 0 saturated heterocycles. The third kappa shape index (κ3) is 6.09.